The van der Waals surface area contributed by atoms with Crippen LogP contribution in [0.15, 0.2) is 46.1 Å². The number of benzene rings is 2. The van der Waals surface area contributed by atoms with Crippen molar-refractivity contribution in [3.63, 3.8) is 0 Å². The van der Waals surface area contributed by atoms with Gasteiger partial charge < -0.3 is 15.2 Å². The van der Waals surface area contributed by atoms with Crippen LogP contribution in [-0.2, 0) is 6.61 Å². The fourth-order valence-electron chi connectivity index (χ4n) is 3.16. The number of rotatable bonds is 8. The molecule has 12 nitrogen and oxygen atoms in total. The van der Waals surface area contributed by atoms with Crippen LogP contribution in [-0.4, -0.2) is 44.0 Å². The van der Waals surface area contributed by atoms with E-state index in [1.807, 2.05) is 0 Å². The summed E-state index contributed by atoms with van der Waals surface area (Å²) >= 11 is 12.2. The van der Waals surface area contributed by atoms with Gasteiger partial charge in [-0.15, -0.1) is 5.10 Å². The van der Waals surface area contributed by atoms with Gasteiger partial charge in [0.1, 0.15) is 6.61 Å². The number of aromatic nitrogens is 5. The Bertz CT molecular complexity index is 1450. The van der Waals surface area contributed by atoms with Gasteiger partial charge in [0.05, 0.1) is 18.5 Å². The van der Waals surface area contributed by atoms with Gasteiger partial charge in [-0.2, -0.15) is 9.78 Å². The molecule has 4 rings (SSSR count). The van der Waals surface area contributed by atoms with Crippen LogP contribution in [0.4, 0.5) is 5.82 Å². The third-order valence-electron chi connectivity index (χ3n) is 5.05. The number of carbonyl (C=O) groups excluding carboxylic acids is 1. The molecular weight excluding hydrogens is 511 g/mol. The van der Waals surface area contributed by atoms with Gasteiger partial charge in [0.2, 0.25) is 11.6 Å². The van der Waals surface area contributed by atoms with Crippen LogP contribution in [0.3, 0.4) is 0 Å². The lowest BCUT2D eigenvalue weighted by Crippen LogP contribution is -2.24. The lowest BCUT2D eigenvalue weighted by Gasteiger charge is -2.13. The SMILES string of the molecule is COc1cc(/C(C)=N/NC(=O)c2c(C)nnn2-c2nonc2N)ccc1OCc1ccc(Cl)cc1Cl. The largest absolute Gasteiger partial charge is 0.493 e. The summed E-state index contributed by atoms with van der Waals surface area (Å²) in [7, 11) is 1.52. The second kappa shape index (κ2) is 10.6. The van der Waals surface area contributed by atoms with E-state index < -0.39 is 5.91 Å². The number of anilines is 1. The van der Waals surface area contributed by atoms with Crippen LogP contribution < -0.4 is 20.6 Å². The summed E-state index contributed by atoms with van der Waals surface area (Å²) in [6.07, 6.45) is 0. The Labute approximate surface area is 214 Å². The van der Waals surface area contributed by atoms with Gasteiger partial charge >= 0.3 is 0 Å². The number of hydrazone groups is 1. The standard InChI is InChI=1S/C22H20Cl2N8O4/c1-11(26-28-22(33)19-12(2)27-31-32(19)21-20(25)29-36-30-21)13-5-7-17(18(8-13)34-3)35-10-14-4-6-15(23)9-16(14)24/h4-9H,10H2,1-3H3,(H2,25,29)(H,28,33)/b26-11+. The molecule has 0 saturated heterocycles. The fourth-order valence-corrected chi connectivity index (χ4v) is 3.63. The summed E-state index contributed by atoms with van der Waals surface area (Å²) in [4.78, 5) is 12.8. The topological polar surface area (TPSA) is 156 Å². The quantitative estimate of drug-likeness (QED) is 0.256. The van der Waals surface area contributed by atoms with Crippen molar-refractivity contribution in [1.82, 2.24) is 30.7 Å². The number of hydrogen-bond donors (Lipinski definition) is 2. The molecule has 4 aromatic rings. The third kappa shape index (κ3) is 5.24. The number of nitrogens with zero attached hydrogens (tertiary/aromatic N) is 6. The summed E-state index contributed by atoms with van der Waals surface area (Å²) < 4.78 is 17.1. The van der Waals surface area contributed by atoms with Gasteiger partial charge in [-0.3, -0.25) is 4.79 Å². The number of amides is 1. The Morgan fingerprint density at radius 2 is 2.00 bits per heavy atom. The zero-order chi connectivity index (χ0) is 25.8. The molecule has 14 heteroatoms. The number of nitrogen functional groups attached to an aromatic ring is 1. The lowest BCUT2D eigenvalue weighted by atomic mass is 10.1. The summed E-state index contributed by atoms with van der Waals surface area (Å²) in [5, 5.41) is 20.1. The summed E-state index contributed by atoms with van der Waals surface area (Å²) in [5.41, 5.74) is 10.6. The van der Waals surface area contributed by atoms with Gasteiger partial charge in [0.25, 0.3) is 5.91 Å². The molecule has 0 aliphatic rings. The highest BCUT2D eigenvalue weighted by Gasteiger charge is 2.23. The van der Waals surface area contributed by atoms with Crippen molar-refractivity contribution in [2.45, 2.75) is 20.5 Å². The van der Waals surface area contributed by atoms with E-state index in [1.165, 1.54) is 7.11 Å². The molecule has 1 amide bonds. The number of aryl methyl sites for hydroxylation is 1. The van der Waals surface area contributed by atoms with E-state index in [0.29, 0.717) is 38.5 Å². The van der Waals surface area contributed by atoms with Crippen molar-refractivity contribution < 1.29 is 18.9 Å². The molecule has 0 aliphatic carbocycles. The number of nitrogens with two attached hydrogens (primary N) is 1. The molecule has 0 saturated carbocycles. The minimum atomic E-state index is -0.578. The summed E-state index contributed by atoms with van der Waals surface area (Å²) in [5.74, 6) is 0.410. The van der Waals surface area contributed by atoms with Crippen molar-refractivity contribution in [3.05, 3.63) is 69.0 Å². The van der Waals surface area contributed by atoms with Gasteiger partial charge in [0, 0.05) is 21.2 Å². The molecule has 0 unspecified atom stereocenters. The van der Waals surface area contributed by atoms with Crippen molar-refractivity contribution in [3.8, 4) is 17.3 Å². The van der Waals surface area contributed by atoms with E-state index in [0.717, 1.165) is 10.2 Å². The molecule has 2 heterocycles. The Balaban J connectivity index is 1.49. The molecule has 0 spiro atoms. The molecule has 0 bridgehead atoms. The first-order valence-corrected chi connectivity index (χ1v) is 11.1. The number of nitrogens with one attached hydrogen (secondary N) is 1. The van der Waals surface area contributed by atoms with Crippen LogP contribution >= 0.6 is 23.2 Å². The minimum absolute atomic E-state index is 0.0404. The van der Waals surface area contributed by atoms with Crippen LogP contribution in [0.25, 0.3) is 5.82 Å². The van der Waals surface area contributed by atoms with Crippen molar-refractivity contribution in [1.29, 1.82) is 0 Å². The van der Waals surface area contributed by atoms with Crippen LogP contribution in [0, 0.1) is 6.92 Å². The van der Waals surface area contributed by atoms with E-state index in [1.54, 1.807) is 50.2 Å². The van der Waals surface area contributed by atoms with Crippen molar-refractivity contribution in [2.24, 2.45) is 5.10 Å². The summed E-state index contributed by atoms with van der Waals surface area (Å²) in [6, 6.07) is 10.4. The smallest absolute Gasteiger partial charge is 0.292 e. The molecule has 0 atom stereocenters. The van der Waals surface area contributed by atoms with E-state index >= 15 is 0 Å². The molecule has 36 heavy (non-hydrogen) atoms. The lowest BCUT2D eigenvalue weighted by molar-refractivity contribution is 0.0946. The summed E-state index contributed by atoms with van der Waals surface area (Å²) in [6.45, 7) is 3.56. The number of halogens is 2. The molecular formula is C22H20Cl2N8O4. The minimum Gasteiger partial charge on any atom is -0.493 e. The Kier molecular flexibility index (Phi) is 7.36. The van der Waals surface area contributed by atoms with Gasteiger partial charge in [-0.25, -0.2) is 10.1 Å². The normalized spacial score (nSPS) is 11.4. The average molecular weight is 531 g/mol. The number of ether oxygens (including phenoxy) is 2. The van der Waals surface area contributed by atoms with Gasteiger partial charge in [-0.05, 0) is 54.5 Å². The number of methoxy groups -OCH3 is 1. The fraction of sp³-hybridized carbons (Fsp3) is 0.182. The first kappa shape index (κ1) is 24.9. The van der Waals surface area contributed by atoms with Crippen LogP contribution in [0.1, 0.15) is 34.2 Å². The second-order valence-corrected chi connectivity index (χ2v) is 8.28. The first-order chi connectivity index (χ1) is 17.3. The first-order valence-electron chi connectivity index (χ1n) is 10.4. The molecule has 3 N–H and O–H groups in total. The van der Waals surface area contributed by atoms with E-state index in [-0.39, 0.29) is 23.9 Å². The van der Waals surface area contributed by atoms with Crippen molar-refractivity contribution >= 4 is 40.6 Å². The van der Waals surface area contributed by atoms with Gasteiger partial charge in [0.15, 0.2) is 17.2 Å². The molecule has 2 aromatic heterocycles. The third-order valence-corrected chi connectivity index (χ3v) is 5.64. The Morgan fingerprint density at radius 1 is 1.19 bits per heavy atom. The molecule has 186 valence electrons. The van der Waals surface area contributed by atoms with Crippen LogP contribution in [0.5, 0.6) is 11.5 Å². The highest BCUT2D eigenvalue weighted by Crippen LogP contribution is 2.30. The highest BCUT2D eigenvalue weighted by molar-refractivity contribution is 6.35. The highest BCUT2D eigenvalue weighted by atomic mass is 35.5. The van der Waals surface area contributed by atoms with E-state index in [4.69, 9.17) is 38.4 Å². The molecule has 0 aliphatic heterocycles. The van der Waals surface area contributed by atoms with Gasteiger partial charge in [-0.1, -0.05) is 34.5 Å². The zero-order valence-corrected chi connectivity index (χ0v) is 20.8. The molecule has 0 fully saturated rings. The van der Waals surface area contributed by atoms with E-state index in [9.17, 15) is 4.79 Å². The van der Waals surface area contributed by atoms with Crippen molar-refractivity contribution in [2.75, 3.05) is 12.8 Å². The maximum atomic E-state index is 12.8. The average Bonchev–Trinajstić information content (AvgIpc) is 3.46. The molecule has 2 aromatic carbocycles. The maximum Gasteiger partial charge on any atom is 0.292 e. The predicted octanol–water partition coefficient (Wildman–Crippen LogP) is 3.59. The zero-order valence-electron chi connectivity index (χ0n) is 19.3. The Morgan fingerprint density at radius 3 is 2.69 bits per heavy atom. The van der Waals surface area contributed by atoms with Crippen LogP contribution in [0.2, 0.25) is 10.0 Å². The number of carbonyl (C=O) groups is 1. The Hall–Kier alpha value is -4.16. The van der Waals surface area contributed by atoms with E-state index in [2.05, 4.69) is 35.8 Å². The molecule has 0 radical (unpaired) electrons. The monoisotopic (exact) mass is 530 g/mol. The second-order valence-electron chi connectivity index (χ2n) is 7.44. The number of hydrogen-bond acceptors (Lipinski definition) is 10. The maximum absolute atomic E-state index is 12.8. The predicted molar refractivity (Wildman–Crippen MR) is 132 cm³/mol.